The molecule has 1 aromatic carbocycles. The number of hydrogen-bond donors (Lipinski definition) is 1. The van der Waals surface area contributed by atoms with Crippen LogP contribution in [0.15, 0.2) is 30.3 Å². The minimum Gasteiger partial charge on any atom is -0.415 e. The first kappa shape index (κ1) is 22.8. The van der Waals surface area contributed by atoms with Crippen molar-refractivity contribution >= 4 is 5.97 Å². The molecule has 0 aromatic heterocycles. The number of rotatable bonds is 5. The summed E-state index contributed by atoms with van der Waals surface area (Å²) in [6.07, 6.45) is 7.82. The maximum absolute atomic E-state index is 12.3. The molecule has 0 unspecified atom stereocenters. The van der Waals surface area contributed by atoms with Gasteiger partial charge in [-0.3, -0.25) is 9.28 Å². The summed E-state index contributed by atoms with van der Waals surface area (Å²) >= 11 is 0. The third-order valence-electron chi connectivity index (χ3n) is 6.70. The largest absolute Gasteiger partial charge is 0.415 e. The van der Waals surface area contributed by atoms with Crippen LogP contribution < -0.4 is 0 Å². The van der Waals surface area contributed by atoms with Crippen molar-refractivity contribution in [2.45, 2.75) is 71.3 Å². The van der Waals surface area contributed by atoms with Gasteiger partial charge in [-0.15, -0.1) is 0 Å². The van der Waals surface area contributed by atoms with Crippen LogP contribution in [0.1, 0.15) is 71.3 Å². The first-order valence-electron chi connectivity index (χ1n) is 11.6. The van der Waals surface area contributed by atoms with Gasteiger partial charge in [0.25, 0.3) is 0 Å². The number of aliphatic hydroxyl groups is 1. The molecular formula is C26H38NO3+. The lowest BCUT2D eigenvalue weighted by Gasteiger charge is -2.39. The van der Waals surface area contributed by atoms with Crippen LogP contribution in [0.2, 0.25) is 0 Å². The number of carbonyl (C=O) groups is 1. The molecule has 1 saturated heterocycles. The highest BCUT2D eigenvalue weighted by Crippen LogP contribution is 2.40. The minimum absolute atomic E-state index is 0.162. The second-order valence-corrected chi connectivity index (χ2v) is 10.2. The summed E-state index contributed by atoms with van der Waals surface area (Å²) in [4.78, 5) is 12.3. The summed E-state index contributed by atoms with van der Waals surface area (Å²) in [6, 6.07) is 9.90. The van der Waals surface area contributed by atoms with Gasteiger partial charge < -0.3 is 9.84 Å². The van der Waals surface area contributed by atoms with Crippen molar-refractivity contribution in [1.82, 2.24) is 0 Å². The van der Waals surface area contributed by atoms with Crippen LogP contribution in [-0.4, -0.2) is 41.9 Å². The van der Waals surface area contributed by atoms with Gasteiger partial charge in [0, 0.05) is 5.92 Å². The molecule has 0 radical (unpaired) electrons. The van der Waals surface area contributed by atoms with E-state index in [9.17, 15) is 9.90 Å². The number of nitrogens with zero attached hydrogens (tertiary/aromatic N) is 1. The fraction of sp³-hybridized carbons (Fsp3) is 0.654. The van der Waals surface area contributed by atoms with Crippen molar-refractivity contribution in [3.63, 3.8) is 0 Å². The zero-order chi connectivity index (χ0) is 21.7. The Kier molecular flexibility index (Phi) is 7.26. The Morgan fingerprint density at radius 2 is 1.70 bits per heavy atom. The molecule has 2 fully saturated rings. The maximum Gasteiger partial charge on any atom is 0.315 e. The lowest BCUT2D eigenvalue weighted by Crippen LogP contribution is -2.54. The summed E-state index contributed by atoms with van der Waals surface area (Å²) < 4.78 is 6.40. The van der Waals surface area contributed by atoms with E-state index in [1.807, 2.05) is 51.1 Å². The summed E-state index contributed by atoms with van der Waals surface area (Å²) in [5.74, 6) is 6.67. The Morgan fingerprint density at radius 1 is 1.07 bits per heavy atom. The van der Waals surface area contributed by atoms with E-state index in [1.54, 1.807) is 0 Å². The standard InChI is InChI=1S/C26H38NO3/c1-25(2,3)24(28)30-21-27(18-10-5-11-19-27)20-12-17-26(29,23-15-8-9-16-23)22-13-6-4-7-14-22/h4,6-7,13-14,23,29H,5,8-11,15-16,18-21H2,1-3H3/q+1/t26-/m0/s1. The van der Waals surface area contributed by atoms with Crippen LogP contribution in [0.5, 0.6) is 0 Å². The van der Waals surface area contributed by atoms with Gasteiger partial charge in [-0.1, -0.05) is 49.1 Å². The van der Waals surface area contributed by atoms with Gasteiger partial charge in [0.1, 0.15) is 6.54 Å². The Labute approximate surface area is 182 Å². The van der Waals surface area contributed by atoms with E-state index < -0.39 is 11.0 Å². The van der Waals surface area contributed by atoms with Crippen molar-refractivity contribution in [3.8, 4) is 11.8 Å². The minimum atomic E-state index is -1.10. The predicted octanol–water partition coefficient (Wildman–Crippen LogP) is 4.62. The van der Waals surface area contributed by atoms with E-state index in [0.29, 0.717) is 17.8 Å². The van der Waals surface area contributed by atoms with E-state index in [-0.39, 0.29) is 11.9 Å². The summed E-state index contributed by atoms with van der Waals surface area (Å²) in [6.45, 7) is 8.58. The van der Waals surface area contributed by atoms with Gasteiger partial charge in [-0.2, -0.15) is 0 Å². The number of ether oxygens (including phenoxy) is 1. The van der Waals surface area contributed by atoms with Crippen LogP contribution in [0.3, 0.4) is 0 Å². The zero-order valence-corrected chi connectivity index (χ0v) is 19.0. The number of esters is 1. The molecule has 0 bridgehead atoms. The van der Waals surface area contributed by atoms with E-state index in [0.717, 1.165) is 57.2 Å². The zero-order valence-electron chi connectivity index (χ0n) is 19.0. The number of carbonyl (C=O) groups excluding carboxylic acids is 1. The van der Waals surface area contributed by atoms with Crippen molar-refractivity contribution in [2.75, 3.05) is 26.4 Å². The molecule has 4 nitrogen and oxygen atoms in total. The lowest BCUT2D eigenvalue weighted by molar-refractivity contribution is -0.941. The SMILES string of the molecule is CC(C)(C)C(=O)OC[N+]1(CC#C[C@](O)(c2ccccc2)C2CCCC2)CCCCC1. The molecule has 0 amide bonds. The highest BCUT2D eigenvalue weighted by molar-refractivity contribution is 5.75. The van der Waals surface area contributed by atoms with Gasteiger partial charge in [-0.05, 0) is 64.4 Å². The summed E-state index contributed by atoms with van der Waals surface area (Å²) in [5.41, 5.74) is -0.699. The Hall–Kier alpha value is -1.83. The topological polar surface area (TPSA) is 46.5 Å². The normalized spacial score (nSPS) is 21.3. The average Bonchev–Trinajstić information content (AvgIpc) is 3.28. The molecule has 3 rings (SSSR count). The monoisotopic (exact) mass is 412 g/mol. The third-order valence-corrected chi connectivity index (χ3v) is 6.70. The van der Waals surface area contributed by atoms with Crippen LogP contribution in [0, 0.1) is 23.2 Å². The van der Waals surface area contributed by atoms with Gasteiger partial charge >= 0.3 is 5.97 Å². The smallest absolute Gasteiger partial charge is 0.315 e. The maximum atomic E-state index is 12.3. The molecule has 1 N–H and O–H groups in total. The van der Waals surface area contributed by atoms with E-state index in [1.165, 1.54) is 6.42 Å². The highest BCUT2D eigenvalue weighted by Gasteiger charge is 2.39. The van der Waals surface area contributed by atoms with Gasteiger partial charge in [0.15, 0.2) is 5.60 Å². The molecule has 1 aliphatic carbocycles. The van der Waals surface area contributed by atoms with Crippen LogP contribution >= 0.6 is 0 Å². The highest BCUT2D eigenvalue weighted by atomic mass is 16.5. The Balaban J connectivity index is 1.79. The van der Waals surface area contributed by atoms with Crippen molar-refractivity contribution in [3.05, 3.63) is 35.9 Å². The third kappa shape index (κ3) is 5.45. The average molecular weight is 413 g/mol. The second-order valence-electron chi connectivity index (χ2n) is 10.2. The lowest BCUT2D eigenvalue weighted by atomic mass is 9.80. The second kappa shape index (κ2) is 9.54. The molecule has 1 aromatic rings. The van der Waals surface area contributed by atoms with E-state index in [2.05, 4.69) is 11.8 Å². The fourth-order valence-corrected chi connectivity index (χ4v) is 4.72. The van der Waals surface area contributed by atoms with Crippen molar-refractivity contribution in [1.29, 1.82) is 0 Å². The Bertz CT molecular complexity index is 759. The molecule has 164 valence electrons. The molecule has 2 aliphatic rings. The number of benzene rings is 1. The van der Waals surface area contributed by atoms with Crippen molar-refractivity contribution in [2.24, 2.45) is 11.3 Å². The molecule has 1 aliphatic heterocycles. The summed E-state index contributed by atoms with van der Waals surface area (Å²) in [7, 11) is 0. The number of likely N-dealkylation sites (tertiary alicyclic amines) is 1. The molecule has 0 spiro atoms. The molecular weight excluding hydrogens is 374 g/mol. The molecule has 4 heteroatoms. The molecule has 1 atom stereocenters. The van der Waals surface area contributed by atoms with E-state index >= 15 is 0 Å². The number of quaternary nitrogens is 1. The molecule has 1 saturated carbocycles. The van der Waals surface area contributed by atoms with Crippen LogP contribution in [0.4, 0.5) is 0 Å². The Morgan fingerprint density at radius 3 is 2.30 bits per heavy atom. The van der Waals surface area contributed by atoms with Crippen LogP contribution in [-0.2, 0) is 15.1 Å². The van der Waals surface area contributed by atoms with E-state index in [4.69, 9.17) is 4.74 Å². The predicted molar refractivity (Wildman–Crippen MR) is 119 cm³/mol. The molecule has 1 heterocycles. The summed E-state index contributed by atoms with van der Waals surface area (Å²) in [5, 5.41) is 11.7. The first-order valence-corrected chi connectivity index (χ1v) is 11.6. The molecule has 30 heavy (non-hydrogen) atoms. The van der Waals surface area contributed by atoms with Gasteiger partial charge in [-0.25, -0.2) is 0 Å². The van der Waals surface area contributed by atoms with Gasteiger partial charge in [0.05, 0.1) is 18.5 Å². The van der Waals surface area contributed by atoms with Crippen molar-refractivity contribution < 1.29 is 19.1 Å². The number of hydrogen-bond acceptors (Lipinski definition) is 3. The van der Waals surface area contributed by atoms with Gasteiger partial charge in [0.2, 0.25) is 6.73 Å². The number of piperidine rings is 1. The quantitative estimate of drug-likeness (QED) is 0.436. The fourth-order valence-electron chi connectivity index (χ4n) is 4.72. The first-order chi connectivity index (χ1) is 14.3. The van der Waals surface area contributed by atoms with Crippen LogP contribution in [0.25, 0.3) is 0 Å².